The highest BCUT2D eigenvalue weighted by Crippen LogP contribution is 2.28. The second-order valence-corrected chi connectivity index (χ2v) is 4.82. The molecule has 2 heterocycles. The predicted molar refractivity (Wildman–Crippen MR) is 73.9 cm³/mol. The van der Waals surface area contributed by atoms with Gasteiger partial charge in [-0.3, -0.25) is 4.57 Å². The molecule has 1 unspecified atom stereocenters. The van der Waals surface area contributed by atoms with Gasteiger partial charge in [-0.05, 0) is 11.1 Å². The Morgan fingerprint density at radius 3 is 2.75 bits per heavy atom. The maximum absolute atomic E-state index is 11.8. The van der Waals surface area contributed by atoms with Crippen molar-refractivity contribution in [1.82, 2.24) is 9.55 Å². The van der Waals surface area contributed by atoms with E-state index in [4.69, 9.17) is 15.6 Å². The topological polar surface area (TPSA) is 131 Å². The molecule has 8 nitrogen and oxygen atoms in total. The molecule has 20 heavy (non-hydrogen) atoms. The normalized spacial score (nSPS) is 30.2. The molecule has 2 rings (SSSR count). The average molecular weight is 348 g/mol. The van der Waals surface area contributed by atoms with Gasteiger partial charge in [0.25, 0.3) is 0 Å². The van der Waals surface area contributed by atoms with Gasteiger partial charge in [0.2, 0.25) is 0 Å². The van der Waals surface area contributed by atoms with Crippen LogP contribution in [-0.2, 0) is 4.74 Å². The fraction of sp³-hybridized carbons (Fsp3) is 0.455. The van der Waals surface area contributed by atoms with Gasteiger partial charge in [-0.25, -0.2) is 4.79 Å². The second-order valence-electron chi connectivity index (χ2n) is 4.29. The van der Waals surface area contributed by atoms with E-state index in [2.05, 4.69) is 20.9 Å². The summed E-state index contributed by atoms with van der Waals surface area (Å²) in [6, 6.07) is 0. The molecule has 0 aliphatic carbocycles. The third kappa shape index (κ3) is 2.63. The van der Waals surface area contributed by atoms with Crippen molar-refractivity contribution in [2.75, 3.05) is 12.3 Å². The summed E-state index contributed by atoms with van der Waals surface area (Å²) in [4.78, 5) is 17.0. The Morgan fingerprint density at radius 1 is 1.50 bits per heavy atom. The molecular formula is C11H14BrN3O5. The van der Waals surface area contributed by atoms with Crippen LogP contribution in [0.15, 0.2) is 16.0 Å². The van der Waals surface area contributed by atoms with E-state index in [9.17, 15) is 15.0 Å². The molecule has 5 N–H and O–H groups in total. The van der Waals surface area contributed by atoms with Crippen LogP contribution in [0.3, 0.4) is 0 Å². The summed E-state index contributed by atoms with van der Waals surface area (Å²) in [5.41, 5.74) is 5.33. The van der Waals surface area contributed by atoms with E-state index in [-0.39, 0.29) is 5.82 Å². The lowest BCUT2D eigenvalue weighted by atomic mass is 10.1. The third-order valence-electron chi connectivity index (χ3n) is 3.04. The van der Waals surface area contributed by atoms with Gasteiger partial charge < -0.3 is 25.8 Å². The molecule has 1 aliphatic heterocycles. The lowest BCUT2D eigenvalue weighted by Gasteiger charge is -2.18. The van der Waals surface area contributed by atoms with Crippen molar-refractivity contribution < 1.29 is 20.1 Å². The number of ether oxygens (including phenoxy) is 1. The van der Waals surface area contributed by atoms with E-state index in [0.29, 0.717) is 5.56 Å². The Balaban J connectivity index is 2.43. The summed E-state index contributed by atoms with van der Waals surface area (Å²) < 4.78 is 6.30. The van der Waals surface area contributed by atoms with E-state index in [1.54, 1.807) is 6.08 Å². The highest BCUT2D eigenvalue weighted by Gasteiger charge is 2.43. The maximum atomic E-state index is 11.8. The Labute approximate surface area is 122 Å². The molecule has 0 radical (unpaired) electrons. The van der Waals surface area contributed by atoms with E-state index in [0.717, 1.165) is 4.57 Å². The molecule has 0 bridgehead atoms. The second kappa shape index (κ2) is 6.02. The van der Waals surface area contributed by atoms with Gasteiger partial charge in [0.05, 0.1) is 6.61 Å². The Bertz CT molecular complexity index is 576. The largest absolute Gasteiger partial charge is 0.394 e. The van der Waals surface area contributed by atoms with Gasteiger partial charge in [-0.2, -0.15) is 4.98 Å². The Kier molecular flexibility index (Phi) is 4.55. The number of hydrogen-bond donors (Lipinski definition) is 4. The molecule has 0 aromatic carbocycles. The summed E-state index contributed by atoms with van der Waals surface area (Å²) in [6.45, 7) is -0.472. The minimum Gasteiger partial charge on any atom is -0.394 e. The van der Waals surface area contributed by atoms with Crippen LogP contribution < -0.4 is 11.4 Å². The summed E-state index contributed by atoms with van der Waals surface area (Å²) >= 11 is 3.08. The van der Waals surface area contributed by atoms with Crippen molar-refractivity contribution in [2.24, 2.45) is 0 Å². The van der Waals surface area contributed by atoms with Gasteiger partial charge >= 0.3 is 5.69 Å². The first kappa shape index (κ1) is 15.1. The number of nitrogens with zero attached hydrogens (tertiary/aromatic N) is 2. The van der Waals surface area contributed by atoms with Crippen molar-refractivity contribution in [1.29, 1.82) is 0 Å². The summed E-state index contributed by atoms with van der Waals surface area (Å²) in [5, 5.41) is 28.6. The zero-order valence-electron chi connectivity index (χ0n) is 10.3. The minimum atomic E-state index is -1.35. The monoisotopic (exact) mass is 347 g/mol. The molecule has 1 saturated heterocycles. The quantitative estimate of drug-likeness (QED) is 0.540. The molecule has 1 aromatic rings. The summed E-state index contributed by atoms with van der Waals surface area (Å²) in [7, 11) is 0. The molecule has 110 valence electrons. The number of aliphatic hydroxyl groups excluding tert-OH is 3. The highest BCUT2D eigenvalue weighted by atomic mass is 79.9. The molecule has 9 heteroatoms. The highest BCUT2D eigenvalue weighted by molar-refractivity contribution is 9.11. The van der Waals surface area contributed by atoms with Crippen LogP contribution >= 0.6 is 15.9 Å². The third-order valence-corrected chi connectivity index (χ3v) is 3.31. The molecule has 1 aliphatic rings. The lowest BCUT2D eigenvalue weighted by Crippen LogP contribution is -2.36. The van der Waals surface area contributed by atoms with Crippen LogP contribution in [-0.4, -0.2) is 49.8 Å². The molecule has 4 atom stereocenters. The fourth-order valence-electron chi connectivity index (χ4n) is 1.98. The van der Waals surface area contributed by atoms with Crippen LogP contribution in [0.2, 0.25) is 0 Å². The molecule has 0 amide bonds. The number of rotatable bonds is 3. The van der Waals surface area contributed by atoms with Crippen LogP contribution in [0.25, 0.3) is 6.08 Å². The predicted octanol–water partition coefficient (Wildman–Crippen LogP) is -1.20. The fourth-order valence-corrected chi connectivity index (χ4v) is 2.27. The van der Waals surface area contributed by atoms with Crippen LogP contribution in [0.5, 0.6) is 0 Å². The van der Waals surface area contributed by atoms with E-state index in [1.165, 1.54) is 11.2 Å². The Hall–Kier alpha value is -1.26. The summed E-state index contributed by atoms with van der Waals surface area (Å²) in [5.74, 6) is 0.0358. The average Bonchev–Trinajstić information content (AvgIpc) is 2.70. The minimum absolute atomic E-state index is 0.0358. The van der Waals surface area contributed by atoms with E-state index in [1.807, 2.05) is 0 Å². The van der Waals surface area contributed by atoms with Crippen LogP contribution in [0, 0.1) is 0 Å². The van der Waals surface area contributed by atoms with Gasteiger partial charge in [0.15, 0.2) is 6.23 Å². The van der Waals surface area contributed by atoms with E-state index < -0.39 is 36.8 Å². The maximum Gasteiger partial charge on any atom is 0.351 e. The lowest BCUT2D eigenvalue weighted by molar-refractivity contribution is -0.0549. The van der Waals surface area contributed by atoms with Gasteiger partial charge in [0, 0.05) is 11.8 Å². The molecule has 0 saturated carbocycles. The molecular weight excluding hydrogens is 334 g/mol. The number of halogens is 1. The first-order valence-corrected chi connectivity index (χ1v) is 6.69. The van der Waals surface area contributed by atoms with Gasteiger partial charge in [0.1, 0.15) is 24.1 Å². The first-order chi connectivity index (χ1) is 9.49. The zero-order chi connectivity index (χ0) is 14.9. The number of anilines is 1. The smallest absolute Gasteiger partial charge is 0.351 e. The van der Waals surface area contributed by atoms with E-state index >= 15 is 0 Å². The SMILES string of the molecule is Nc1nc(=O)n(C2O[C@H](CO)[C@@H](O)[C@H]2O)cc1/C=C/Br. The standard InChI is InChI=1S/C11H14BrN3O5/c12-2-1-5-3-15(11(19)14-9(5)13)10-8(18)7(17)6(4-16)20-10/h1-3,6-8,10,16-18H,4H2,(H2,13,14,19)/b2-1+/t6-,7-,8-,10?/m1/s1. The zero-order valence-corrected chi connectivity index (χ0v) is 11.8. The number of nitrogen functional groups attached to an aromatic ring is 1. The van der Waals surface area contributed by atoms with Crippen LogP contribution in [0.1, 0.15) is 11.8 Å². The van der Waals surface area contributed by atoms with Gasteiger partial charge in [-0.15, -0.1) is 0 Å². The van der Waals surface area contributed by atoms with Crippen molar-refractivity contribution >= 4 is 27.8 Å². The van der Waals surface area contributed by atoms with Gasteiger partial charge in [-0.1, -0.05) is 15.9 Å². The van der Waals surface area contributed by atoms with Crippen molar-refractivity contribution in [3.05, 3.63) is 27.2 Å². The molecule has 1 fully saturated rings. The Morgan fingerprint density at radius 2 is 2.20 bits per heavy atom. The number of nitrogens with two attached hydrogens (primary N) is 1. The van der Waals surface area contributed by atoms with Crippen molar-refractivity contribution in [3.63, 3.8) is 0 Å². The number of hydrogen-bond acceptors (Lipinski definition) is 7. The van der Waals surface area contributed by atoms with Crippen molar-refractivity contribution in [2.45, 2.75) is 24.5 Å². The first-order valence-electron chi connectivity index (χ1n) is 5.77. The number of aromatic nitrogens is 2. The number of aliphatic hydroxyl groups is 3. The van der Waals surface area contributed by atoms with Crippen molar-refractivity contribution in [3.8, 4) is 0 Å². The molecule has 1 aromatic heterocycles. The van der Waals surface area contributed by atoms with Crippen LogP contribution in [0.4, 0.5) is 5.82 Å². The summed E-state index contributed by atoms with van der Waals surface area (Å²) in [6.07, 6.45) is -1.80. The molecule has 0 spiro atoms.